The van der Waals surface area contributed by atoms with E-state index in [2.05, 4.69) is 5.32 Å². The number of aromatic nitrogens is 1. The number of fused-ring (bicyclic) bond motifs is 1. The number of nitrogens with zero attached hydrogens (tertiary/aromatic N) is 1. The quantitative estimate of drug-likeness (QED) is 0.896. The Labute approximate surface area is 105 Å². The maximum atomic E-state index is 11.8. The van der Waals surface area contributed by atoms with Crippen LogP contribution in [0.2, 0.25) is 0 Å². The van der Waals surface area contributed by atoms with Crippen LogP contribution in [0.4, 0.5) is 0 Å². The molecule has 0 aliphatic carbocycles. The number of benzene rings is 1. The van der Waals surface area contributed by atoms with Gasteiger partial charge in [0.2, 0.25) is 0 Å². The number of nitrogens with one attached hydrogen (secondary N) is 1. The monoisotopic (exact) mass is 248 g/mol. The number of rotatable bonds is 3. The van der Waals surface area contributed by atoms with Gasteiger partial charge in [-0.3, -0.25) is 4.79 Å². The summed E-state index contributed by atoms with van der Waals surface area (Å²) in [6.45, 7) is 0. The smallest absolute Gasteiger partial charge is 0.267 e. The van der Waals surface area contributed by atoms with Crippen molar-refractivity contribution < 1.29 is 14.3 Å². The largest absolute Gasteiger partial charge is 0.496 e. The fourth-order valence-electron chi connectivity index (χ4n) is 2.10. The van der Waals surface area contributed by atoms with E-state index < -0.39 is 0 Å². The van der Waals surface area contributed by atoms with Gasteiger partial charge >= 0.3 is 0 Å². The van der Waals surface area contributed by atoms with Crippen LogP contribution in [0.15, 0.2) is 18.2 Å². The molecule has 1 aromatic heterocycles. The number of methoxy groups -OCH3 is 2. The van der Waals surface area contributed by atoms with Gasteiger partial charge in [-0.05, 0) is 18.2 Å². The molecule has 2 rings (SSSR count). The highest BCUT2D eigenvalue weighted by Gasteiger charge is 2.17. The van der Waals surface area contributed by atoms with Crippen LogP contribution < -0.4 is 14.8 Å². The van der Waals surface area contributed by atoms with Gasteiger partial charge in [-0.25, -0.2) is 0 Å². The van der Waals surface area contributed by atoms with E-state index in [0.29, 0.717) is 11.4 Å². The van der Waals surface area contributed by atoms with Crippen molar-refractivity contribution in [2.75, 3.05) is 21.3 Å². The van der Waals surface area contributed by atoms with E-state index in [4.69, 9.17) is 9.47 Å². The second-order valence-electron chi connectivity index (χ2n) is 3.90. The number of carbonyl (C=O) groups is 1. The van der Waals surface area contributed by atoms with Gasteiger partial charge in [-0.15, -0.1) is 0 Å². The first-order valence-electron chi connectivity index (χ1n) is 5.56. The summed E-state index contributed by atoms with van der Waals surface area (Å²) in [5.74, 6) is 1.29. The van der Waals surface area contributed by atoms with Gasteiger partial charge < -0.3 is 19.4 Å². The van der Waals surface area contributed by atoms with Gasteiger partial charge in [0.05, 0.1) is 19.7 Å². The van der Waals surface area contributed by atoms with E-state index in [9.17, 15) is 4.79 Å². The van der Waals surface area contributed by atoms with Gasteiger partial charge in [0.25, 0.3) is 5.91 Å². The fraction of sp³-hybridized carbons (Fsp3) is 0.308. The molecule has 0 radical (unpaired) electrons. The van der Waals surface area contributed by atoms with Crippen LogP contribution in [0.5, 0.6) is 11.5 Å². The Kier molecular flexibility index (Phi) is 3.14. The van der Waals surface area contributed by atoms with Crippen molar-refractivity contribution in [1.82, 2.24) is 9.88 Å². The van der Waals surface area contributed by atoms with Crippen LogP contribution in [0.25, 0.3) is 10.9 Å². The van der Waals surface area contributed by atoms with Crippen molar-refractivity contribution >= 4 is 16.8 Å². The second-order valence-corrected chi connectivity index (χ2v) is 3.90. The first-order valence-corrected chi connectivity index (χ1v) is 5.56. The minimum Gasteiger partial charge on any atom is -0.496 e. The van der Waals surface area contributed by atoms with Gasteiger partial charge in [-0.1, -0.05) is 0 Å². The number of hydrogen-bond acceptors (Lipinski definition) is 3. The zero-order chi connectivity index (χ0) is 13.3. The van der Waals surface area contributed by atoms with Crippen LogP contribution in [-0.2, 0) is 7.05 Å². The molecule has 96 valence electrons. The molecule has 0 aliphatic rings. The molecule has 0 fully saturated rings. The SMILES string of the molecule is CNC(=O)c1cc2c(OC)ccc(OC)c2n1C. The third-order valence-electron chi connectivity index (χ3n) is 3.02. The Morgan fingerprint density at radius 3 is 2.39 bits per heavy atom. The zero-order valence-corrected chi connectivity index (χ0v) is 10.9. The Morgan fingerprint density at radius 2 is 1.83 bits per heavy atom. The van der Waals surface area contributed by atoms with Gasteiger partial charge in [-0.2, -0.15) is 0 Å². The molecule has 1 aromatic carbocycles. The molecule has 1 heterocycles. The van der Waals surface area contributed by atoms with Crippen molar-refractivity contribution in [3.8, 4) is 11.5 Å². The highest BCUT2D eigenvalue weighted by Crippen LogP contribution is 2.34. The third kappa shape index (κ3) is 1.68. The molecular weight excluding hydrogens is 232 g/mol. The molecule has 0 unspecified atom stereocenters. The predicted molar refractivity (Wildman–Crippen MR) is 69.4 cm³/mol. The van der Waals surface area contributed by atoms with Gasteiger partial charge in [0, 0.05) is 19.5 Å². The van der Waals surface area contributed by atoms with Crippen LogP contribution in [-0.4, -0.2) is 31.7 Å². The lowest BCUT2D eigenvalue weighted by Gasteiger charge is -2.08. The van der Waals surface area contributed by atoms with Crippen molar-refractivity contribution in [3.05, 3.63) is 23.9 Å². The van der Waals surface area contributed by atoms with E-state index in [1.54, 1.807) is 31.9 Å². The third-order valence-corrected chi connectivity index (χ3v) is 3.02. The Morgan fingerprint density at radius 1 is 1.22 bits per heavy atom. The number of carbonyl (C=O) groups excluding carboxylic acids is 1. The summed E-state index contributed by atoms with van der Waals surface area (Å²) >= 11 is 0. The minimum atomic E-state index is -0.141. The molecule has 0 saturated carbocycles. The van der Waals surface area contributed by atoms with Crippen LogP contribution in [0.1, 0.15) is 10.5 Å². The van der Waals surface area contributed by atoms with Crippen LogP contribution >= 0.6 is 0 Å². The van der Waals surface area contributed by atoms with Crippen LogP contribution in [0, 0.1) is 0 Å². The molecule has 0 aliphatic heterocycles. The summed E-state index contributed by atoms with van der Waals surface area (Å²) in [5, 5.41) is 3.48. The number of aryl methyl sites for hydroxylation is 1. The lowest BCUT2D eigenvalue weighted by molar-refractivity contribution is 0.0955. The normalized spacial score (nSPS) is 10.4. The molecule has 0 bridgehead atoms. The maximum Gasteiger partial charge on any atom is 0.267 e. The Balaban J connectivity index is 2.80. The summed E-state index contributed by atoms with van der Waals surface area (Å²) in [5.41, 5.74) is 1.41. The van der Waals surface area contributed by atoms with E-state index in [-0.39, 0.29) is 5.91 Å². The summed E-state index contributed by atoms with van der Waals surface area (Å²) < 4.78 is 12.4. The molecular formula is C13H16N2O3. The van der Waals surface area contributed by atoms with E-state index >= 15 is 0 Å². The number of amides is 1. The first-order chi connectivity index (χ1) is 8.63. The number of ether oxygens (including phenoxy) is 2. The summed E-state index contributed by atoms with van der Waals surface area (Å²) in [7, 11) is 6.64. The summed E-state index contributed by atoms with van der Waals surface area (Å²) in [6.07, 6.45) is 0. The minimum absolute atomic E-state index is 0.141. The Hall–Kier alpha value is -2.17. The Bertz CT molecular complexity index is 602. The van der Waals surface area contributed by atoms with Gasteiger partial charge in [0.1, 0.15) is 17.2 Å². The molecule has 18 heavy (non-hydrogen) atoms. The number of hydrogen-bond donors (Lipinski definition) is 1. The zero-order valence-electron chi connectivity index (χ0n) is 10.9. The molecule has 1 N–H and O–H groups in total. The van der Waals surface area contributed by atoms with Crippen molar-refractivity contribution in [1.29, 1.82) is 0 Å². The molecule has 0 spiro atoms. The maximum absolute atomic E-state index is 11.8. The standard InChI is InChI=1S/C13H16N2O3/c1-14-13(16)9-7-8-10(17-3)5-6-11(18-4)12(8)15(9)2/h5-7H,1-4H3,(H,14,16). The van der Waals surface area contributed by atoms with E-state index in [1.165, 1.54) is 0 Å². The van der Waals surface area contributed by atoms with Crippen LogP contribution in [0.3, 0.4) is 0 Å². The topological polar surface area (TPSA) is 52.5 Å². The molecule has 1 amide bonds. The lowest BCUT2D eigenvalue weighted by Crippen LogP contribution is -2.20. The lowest BCUT2D eigenvalue weighted by atomic mass is 10.2. The first kappa shape index (κ1) is 12.3. The average Bonchev–Trinajstić information content (AvgIpc) is 2.75. The molecule has 2 aromatic rings. The second kappa shape index (κ2) is 4.60. The fourth-order valence-corrected chi connectivity index (χ4v) is 2.10. The predicted octanol–water partition coefficient (Wildman–Crippen LogP) is 1.56. The molecule has 0 atom stereocenters. The highest BCUT2D eigenvalue weighted by molar-refractivity contribution is 6.02. The van der Waals surface area contributed by atoms with Gasteiger partial charge in [0.15, 0.2) is 0 Å². The summed E-state index contributed by atoms with van der Waals surface area (Å²) in [4.78, 5) is 11.8. The van der Waals surface area contributed by atoms with E-state index in [1.807, 2.05) is 19.2 Å². The highest BCUT2D eigenvalue weighted by atomic mass is 16.5. The van der Waals surface area contributed by atoms with Crippen molar-refractivity contribution in [2.24, 2.45) is 7.05 Å². The van der Waals surface area contributed by atoms with E-state index in [0.717, 1.165) is 16.7 Å². The van der Waals surface area contributed by atoms with Crippen molar-refractivity contribution in [3.63, 3.8) is 0 Å². The molecule has 5 heteroatoms. The molecule has 5 nitrogen and oxygen atoms in total. The average molecular weight is 248 g/mol. The van der Waals surface area contributed by atoms with Crippen molar-refractivity contribution in [2.45, 2.75) is 0 Å². The molecule has 0 saturated heterocycles. The summed E-state index contributed by atoms with van der Waals surface area (Å²) in [6, 6.07) is 5.46.